The third-order valence-corrected chi connectivity index (χ3v) is 3.87. The van der Waals surface area contributed by atoms with E-state index in [-0.39, 0.29) is 11.5 Å². The summed E-state index contributed by atoms with van der Waals surface area (Å²) in [5, 5.41) is 6.11. The fourth-order valence-electron chi connectivity index (χ4n) is 2.03. The van der Waals surface area contributed by atoms with E-state index in [1.165, 1.54) is 6.07 Å². The molecule has 0 saturated heterocycles. The second-order valence-corrected chi connectivity index (χ2v) is 8.10. The molecular weight excluding hydrogens is 375 g/mol. The molecule has 24 heavy (non-hydrogen) atoms. The van der Waals surface area contributed by atoms with Crippen LogP contribution >= 0.6 is 34.8 Å². The van der Waals surface area contributed by atoms with E-state index in [0.29, 0.717) is 17.5 Å². The Bertz CT molecular complexity index is 784. The zero-order chi connectivity index (χ0) is 17.9. The molecule has 8 heteroatoms. The van der Waals surface area contributed by atoms with Gasteiger partial charge in [0.25, 0.3) is 5.91 Å². The van der Waals surface area contributed by atoms with E-state index >= 15 is 0 Å². The number of nitrogens with one attached hydrogen (secondary N) is 2. The van der Waals surface area contributed by atoms with Gasteiger partial charge in [-0.1, -0.05) is 66.8 Å². The molecule has 1 aromatic carbocycles. The van der Waals surface area contributed by atoms with Crippen molar-refractivity contribution in [2.45, 2.75) is 23.8 Å². The van der Waals surface area contributed by atoms with E-state index in [1.54, 1.807) is 24.3 Å². The van der Waals surface area contributed by atoms with Crippen molar-refractivity contribution >= 4 is 51.7 Å². The third kappa shape index (κ3) is 4.86. The Morgan fingerprint density at radius 3 is 2.54 bits per heavy atom. The average molecular weight is 392 g/mol. The summed E-state index contributed by atoms with van der Waals surface area (Å²) in [6.07, 6.45) is -0.955. The number of alkyl halides is 3. The summed E-state index contributed by atoms with van der Waals surface area (Å²) in [4.78, 5) is 24.4. The van der Waals surface area contributed by atoms with Crippen molar-refractivity contribution in [3.05, 3.63) is 46.3 Å². The zero-order valence-electron chi connectivity index (χ0n) is 13.1. The van der Waals surface area contributed by atoms with Crippen LogP contribution in [0.25, 0.3) is 11.0 Å². The maximum absolute atomic E-state index is 12.4. The highest BCUT2D eigenvalue weighted by Gasteiger charge is 2.34. The molecule has 0 spiro atoms. The molecule has 130 valence electrons. The number of amides is 1. The van der Waals surface area contributed by atoms with Gasteiger partial charge in [0.1, 0.15) is 17.3 Å². The number of carbonyl (C=O) groups is 1. The summed E-state index contributed by atoms with van der Waals surface area (Å²) >= 11 is 17.7. The molecule has 2 rings (SSSR count). The van der Waals surface area contributed by atoms with Gasteiger partial charge < -0.3 is 9.73 Å². The van der Waals surface area contributed by atoms with Crippen LogP contribution < -0.4 is 16.3 Å². The van der Waals surface area contributed by atoms with Gasteiger partial charge in [-0.05, 0) is 24.6 Å². The lowest BCUT2D eigenvalue weighted by molar-refractivity contribution is 0.0925. The predicted octanol–water partition coefficient (Wildman–Crippen LogP) is 3.46. The number of halogens is 3. The Morgan fingerprint density at radius 2 is 1.92 bits per heavy atom. The topological polar surface area (TPSA) is 71.3 Å². The van der Waals surface area contributed by atoms with Crippen molar-refractivity contribution in [3.8, 4) is 0 Å². The quantitative estimate of drug-likeness (QED) is 0.465. The number of para-hydroxylation sites is 1. The second kappa shape index (κ2) is 7.74. The normalized spacial score (nSPS) is 13.2. The molecule has 0 radical (unpaired) electrons. The van der Waals surface area contributed by atoms with E-state index in [0.717, 1.165) is 0 Å². The third-order valence-electron chi connectivity index (χ3n) is 3.22. The Balaban J connectivity index is 2.26. The molecule has 0 fully saturated rings. The van der Waals surface area contributed by atoms with Gasteiger partial charge in [-0.2, -0.15) is 0 Å². The van der Waals surface area contributed by atoms with Gasteiger partial charge in [0.05, 0.1) is 0 Å². The lowest BCUT2D eigenvalue weighted by Gasteiger charge is -2.27. The molecule has 1 amide bonds. The SMILES string of the molecule is CC(C)CNC(NC(=O)c1cc2ccccc2oc1=O)C(Cl)(Cl)Cl. The predicted molar refractivity (Wildman–Crippen MR) is 96.9 cm³/mol. The van der Waals surface area contributed by atoms with Gasteiger partial charge >= 0.3 is 5.63 Å². The van der Waals surface area contributed by atoms with Crippen molar-refractivity contribution in [2.75, 3.05) is 6.54 Å². The first-order chi connectivity index (χ1) is 11.2. The number of fused-ring (bicyclic) bond motifs is 1. The molecule has 0 aliphatic rings. The van der Waals surface area contributed by atoms with E-state index in [4.69, 9.17) is 39.2 Å². The summed E-state index contributed by atoms with van der Waals surface area (Å²) in [6.45, 7) is 4.47. The Morgan fingerprint density at radius 1 is 1.25 bits per heavy atom. The monoisotopic (exact) mass is 390 g/mol. The summed E-state index contributed by atoms with van der Waals surface area (Å²) in [6, 6.07) is 8.34. The summed E-state index contributed by atoms with van der Waals surface area (Å²) in [5.41, 5.74) is -0.507. The van der Waals surface area contributed by atoms with Crippen LogP contribution in [0, 0.1) is 5.92 Å². The van der Waals surface area contributed by atoms with Crippen molar-refractivity contribution in [1.29, 1.82) is 0 Å². The van der Waals surface area contributed by atoms with Gasteiger partial charge in [-0.3, -0.25) is 10.1 Å². The first-order valence-electron chi connectivity index (χ1n) is 7.32. The van der Waals surface area contributed by atoms with E-state index in [1.807, 2.05) is 13.8 Å². The largest absolute Gasteiger partial charge is 0.422 e. The molecule has 2 N–H and O–H groups in total. The Labute approximate surface area is 154 Å². The highest BCUT2D eigenvalue weighted by atomic mass is 35.6. The molecule has 1 atom stereocenters. The number of benzene rings is 1. The lowest BCUT2D eigenvalue weighted by atomic mass is 10.2. The van der Waals surface area contributed by atoms with Crippen LogP contribution in [0.15, 0.2) is 39.5 Å². The maximum Gasteiger partial charge on any atom is 0.349 e. The van der Waals surface area contributed by atoms with Gasteiger partial charge in [0.2, 0.25) is 3.79 Å². The molecule has 1 aromatic heterocycles. The van der Waals surface area contributed by atoms with Gasteiger partial charge in [0, 0.05) is 5.39 Å². The van der Waals surface area contributed by atoms with Gasteiger partial charge in [0.15, 0.2) is 0 Å². The molecule has 0 bridgehead atoms. The first kappa shape index (κ1) is 19.1. The molecule has 0 saturated carbocycles. The molecule has 1 heterocycles. The summed E-state index contributed by atoms with van der Waals surface area (Å²) in [5.74, 6) is -0.399. The van der Waals surface area contributed by atoms with Crippen LogP contribution in [0.4, 0.5) is 0 Å². The van der Waals surface area contributed by atoms with E-state index in [9.17, 15) is 9.59 Å². The van der Waals surface area contributed by atoms with Crippen LogP contribution in [-0.4, -0.2) is 22.4 Å². The summed E-state index contributed by atoms with van der Waals surface area (Å²) in [7, 11) is 0. The minimum absolute atomic E-state index is 0.153. The van der Waals surface area contributed by atoms with Crippen LogP contribution in [-0.2, 0) is 0 Å². The molecular formula is C16H17Cl3N2O3. The number of hydrogen-bond acceptors (Lipinski definition) is 4. The maximum atomic E-state index is 12.4. The van der Waals surface area contributed by atoms with Crippen molar-refractivity contribution < 1.29 is 9.21 Å². The zero-order valence-corrected chi connectivity index (χ0v) is 15.4. The van der Waals surface area contributed by atoms with Crippen LogP contribution in [0.2, 0.25) is 0 Å². The number of hydrogen-bond donors (Lipinski definition) is 2. The smallest absolute Gasteiger partial charge is 0.349 e. The van der Waals surface area contributed by atoms with Crippen LogP contribution in [0.1, 0.15) is 24.2 Å². The number of rotatable bonds is 5. The fraction of sp³-hybridized carbons (Fsp3) is 0.375. The summed E-state index contributed by atoms with van der Waals surface area (Å²) < 4.78 is 3.37. The second-order valence-electron chi connectivity index (χ2n) is 5.74. The minimum atomic E-state index is -1.78. The van der Waals surface area contributed by atoms with Gasteiger partial charge in [-0.15, -0.1) is 0 Å². The van der Waals surface area contributed by atoms with Crippen molar-refractivity contribution in [2.24, 2.45) is 5.92 Å². The molecule has 0 aliphatic heterocycles. The molecule has 5 nitrogen and oxygen atoms in total. The van der Waals surface area contributed by atoms with Crippen LogP contribution in [0.3, 0.4) is 0 Å². The van der Waals surface area contributed by atoms with Crippen LogP contribution in [0.5, 0.6) is 0 Å². The van der Waals surface area contributed by atoms with Gasteiger partial charge in [-0.25, -0.2) is 4.79 Å². The average Bonchev–Trinajstić information content (AvgIpc) is 2.49. The number of carbonyl (C=O) groups excluding carboxylic acids is 1. The Kier molecular flexibility index (Phi) is 6.15. The van der Waals surface area contributed by atoms with E-state index in [2.05, 4.69) is 10.6 Å². The molecule has 0 aliphatic carbocycles. The van der Waals surface area contributed by atoms with Crippen molar-refractivity contribution in [1.82, 2.24) is 10.6 Å². The minimum Gasteiger partial charge on any atom is -0.422 e. The molecule has 2 aromatic rings. The fourth-order valence-corrected chi connectivity index (χ4v) is 2.43. The highest BCUT2D eigenvalue weighted by Crippen LogP contribution is 2.29. The highest BCUT2D eigenvalue weighted by molar-refractivity contribution is 6.68. The lowest BCUT2D eigenvalue weighted by Crippen LogP contribution is -2.54. The van der Waals surface area contributed by atoms with Crippen molar-refractivity contribution in [3.63, 3.8) is 0 Å². The standard InChI is InChI=1S/C16H17Cl3N2O3/c1-9(2)8-20-15(16(17,18)19)21-13(22)11-7-10-5-3-4-6-12(10)24-14(11)23/h3-7,9,15,20H,8H2,1-2H3,(H,21,22). The molecule has 1 unspecified atom stereocenters. The van der Waals surface area contributed by atoms with E-state index < -0.39 is 21.5 Å². The first-order valence-corrected chi connectivity index (χ1v) is 8.45. The Hall–Kier alpha value is -1.27.